The minimum Gasteiger partial charge on any atom is -0.494 e. The van der Waals surface area contributed by atoms with E-state index < -0.39 is 22.5 Å². The molecule has 0 atom stereocenters. The first-order chi connectivity index (χ1) is 18.8. The van der Waals surface area contributed by atoms with Crippen LogP contribution in [0.4, 0.5) is 5.69 Å². The Balaban J connectivity index is 1.59. The van der Waals surface area contributed by atoms with E-state index in [-0.39, 0.29) is 4.90 Å². The van der Waals surface area contributed by atoms with Crippen molar-refractivity contribution >= 4 is 27.8 Å². The third kappa shape index (κ3) is 9.25. The monoisotopic (exact) mass is 549 g/mol. The Labute approximate surface area is 233 Å². The lowest BCUT2D eigenvalue weighted by Crippen LogP contribution is -2.40. The number of hydrogen-bond donors (Lipinski definition) is 1. The Hall–Kier alpha value is -3.65. The number of nitrogens with zero attached hydrogens (tertiary/aromatic N) is 2. The summed E-state index contributed by atoms with van der Waals surface area (Å²) in [5.41, 5.74) is 5.44. The van der Waals surface area contributed by atoms with Crippen LogP contribution >= 0.6 is 0 Å². The van der Waals surface area contributed by atoms with Crippen LogP contribution in [0.1, 0.15) is 62.1 Å². The highest BCUT2D eigenvalue weighted by Crippen LogP contribution is 2.27. The van der Waals surface area contributed by atoms with E-state index in [1.165, 1.54) is 50.5 Å². The van der Waals surface area contributed by atoms with Gasteiger partial charge in [-0.1, -0.05) is 74.9 Å². The lowest BCUT2D eigenvalue weighted by atomic mass is 10.1. The van der Waals surface area contributed by atoms with Crippen LogP contribution in [0.2, 0.25) is 0 Å². The maximum atomic E-state index is 13.5. The zero-order chi connectivity index (χ0) is 28.1. The number of rotatable bonds is 15. The number of benzene rings is 3. The summed E-state index contributed by atoms with van der Waals surface area (Å²) < 4.78 is 33.9. The second kappa shape index (κ2) is 15.1. The lowest BCUT2D eigenvalue weighted by Gasteiger charge is -2.25. The smallest absolute Gasteiger partial charge is 0.264 e. The van der Waals surface area contributed by atoms with E-state index in [9.17, 15) is 13.2 Å². The van der Waals surface area contributed by atoms with Crippen molar-refractivity contribution in [1.29, 1.82) is 0 Å². The maximum absolute atomic E-state index is 13.5. The first kappa shape index (κ1) is 29.9. The summed E-state index contributed by atoms with van der Waals surface area (Å²) in [4.78, 5) is 12.9. The predicted octanol–water partition coefficient (Wildman–Crippen LogP) is 6.39. The molecule has 3 aromatic carbocycles. The van der Waals surface area contributed by atoms with Gasteiger partial charge >= 0.3 is 0 Å². The first-order valence-corrected chi connectivity index (χ1v) is 14.9. The van der Waals surface area contributed by atoms with Gasteiger partial charge in [-0.3, -0.25) is 9.10 Å². The number of carbonyl (C=O) groups is 1. The van der Waals surface area contributed by atoms with Gasteiger partial charge in [-0.2, -0.15) is 5.10 Å². The first-order valence-electron chi connectivity index (χ1n) is 13.5. The second-order valence-electron chi connectivity index (χ2n) is 9.59. The second-order valence-corrected chi connectivity index (χ2v) is 11.5. The van der Waals surface area contributed by atoms with E-state index in [0.29, 0.717) is 12.3 Å². The molecule has 0 heterocycles. The zero-order valence-corrected chi connectivity index (χ0v) is 23.9. The quantitative estimate of drug-likeness (QED) is 0.135. The lowest BCUT2D eigenvalue weighted by molar-refractivity contribution is -0.119. The minimum atomic E-state index is -3.98. The predicted molar refractivity (Wildman–Crippen MR) is 158 cm³/mol. The van der Waals surface area contributed by atoms with Gasteiger partial charge in [-0.25, -0.2) is 13.8 Å². The molecule has 3 aromatic rings. The van der Waals surface area contributed by atoms with E-state index >= 15 is 0 Å². The van der Waals surface area contributed by atoms with Crippen LogP contribution in [0, 0.1) is 13.8 Å². The largest absolute Gasteiger partial charge is 0.494 e. The number of hydrazone groups is 1. The molecule has 1 N–H and O–H groups in total. The molecule has 0 aliphatic heterocycles. The van der Waals surface area contributed by atoms with Gasteiger partial charge in [0, 0.05) is 0 Å². The molecular weight excluding hydrogens is 510 g/mol. The molecule has 1 amide bonds. The minimum absolute atomic E-state index is 0.111. The van der Waals surface area contributed by atoms with Gasteiger partial charge in [0.1, 0.15) is 12.3 Å². The molecule has 208 valence electrons. The number of nitrogens with one attached hydrogen (secondary N) is 1. The Morgan fingerprint density at radius 2 is 1.62 bits per heavy atom. The number of carbonyl (C=O) groups excluding carboxylic acids is 1. The van der Waals surface area contributed by atoms with Crippen molar-refractivity contribution in [2.45, 2.75) is 64.2 Å². The summed E-state index contributed by atoms with van der Waals surface area (Å²) >= 11 is 0. The van der Waals surface area contributed by atoms with Gasteiger partial charge in [0.25, 0.3) is 15.9 Å². The van der Waals surface area contributed by atoms with Crippen molar-refractivity contribution in [3.63, 3.8) is 0 Å². The van der Waals surface area contributed by atoms with Crippen molar-refractivity contribution in [1.82, 2.24) is 5.43 Å². The van der Waals surface area contributed by atoms with E-state index in [1.807, 2.05) is 50.2 Å². The zero-order valence-electron chi connectivity index (χ0n) is 23.1. The molecule has 0 saturated carbocycles. The van der Waals surface area contributed by atoms with Crippen LogP contribution < -0.4 is 14.5 Å². The number of amides is 1. The van der Waals surface area contributed by atoms with Crippen molar-refractivity contribution in [2.75, 3.05) is 17.5 Å². The number of hydrogen-bond acceptors (Lipinski definition) is 5. The van der Waals surface area contributed by atoms with Crippen molar-refractivity contribution < 1.29 is 17.9 Å². The van der Waals surface area contributed by atoms with E-state index in [4.69, 9.17) is 4.74 Å². The summed E-state index contributed by atoms with van der Waals surface area (Å²) in [7, 11) is -3.98. The van der Waals surface area contributed by atoms with E-state index in [1.54, 1.807) is 24.3 Å². The standard InChI is InChI=1S/C31H39N3O4S/c1-4-5-6-7-8-12-21-38-28-18-16-27(17-19-28)23-32-33-31(35)24-34(30-20-15-25(2)22-26(30)3)39(36,37)29-13-10-9-11-14-29/h9-11,13-20,22-23H,4-8,12,21,24H2,1-3H3,(H,33,35)/b32-23+. The highest BCUT2D eigenvalue weighted by molar-refractivity contribution is 7.92. The van der Waals surface area contributed by atoms with Crippen molar-refractivity contribution in [3.05, 3.63) is 89.5 Å². The fourth-order valence-electron chi connectivity index (χ4n) is 4.17. The molecule has 0 unspecified atom stereocenters. The average Bonchev–Trinajstić information content (AvgIpc) is 2.93. The summed E-state index contributed by atoms with van der Waals surface area (Å²) in [5, 5.41) is 4.03. The number of aryl methyl sites for hydroxylation is 2. The fourth-order valence-corrected chi connectivity index (χ4v) is 5.68. The number of unbranched alkanes of at least 4 members (excludes halogenated alkanes) is 5. The Bertz CT molecular complexity index is 1320. The third-order valence-electron chi connectivity index (χ3n) is 6.29. The molecule has 0 bridgehead atoms. The summed E-state index contributed by atoms with van der Waals surface area (Å²) in [6.45, 7) is 6.25. The van der Waals surface area contributed by atoms with Gasteiger partial charge in [-0.05, 0) is 73.9 Å². The molecule has 0 spiro atoms. The average molecular weight is 550 g/mol. The topological polar surface area (TPSA) is 88.1 Å². The molecule has 8 heteroatoms. The molecule has 0 saturated heterocycles. The molecule has 0 fully saturated rings. The van der Waals surface area contributed by atoms with Crippen LogP contribution in [-0.4, -0.2) is 33.7 Å². The van der Waals surface area contributed by atoms with Gasteiger partial charge in [0.05, 0.1) is 23.4 Å². The van der Waals surface area contributed by atoms with Crippen LogP contribution in [0.3, 0.4) is 0 Å². The molecule has 0 aliphatic carbocycles. The summed E-state index contributed by atoms with van der Waals surface area (Å²) in [5.74, 6) is 0.240. The normalized spacial score (nSPS) is 11.5. The number of sulfonamides is 1. The molecule has 3 rings (SSSR count). The van der Waals surface area contributed by atoms with Gasteiger partial charge in [0.2, 0.25) is 0 Å². The molecule has 0 aliphatic rings. The van der Waals surface area contributed by atoms with E-state index in [0.717, 1.165) is 33.2 Å². The molecule has 0 aromatic heterocycles. The molecule has 0 radical (unpaired) electrons. The summed E-state index contributed by atoms with van der Waals surface area (Å²) in [6, 6.07) is 21.0. The molecule has 7 nitrogen and oxygen atoms in total. The fraction of sp³-hybridized carbons (Fsp3) is 0.355. The maximum Gasteiger partial charge on any atom is 0.264 e. The highest BCUT2D eigenvalue weighted by Gasteiger charge is 2.28. The van der Waals surface area contributed by atoms with Gasteiger partial charge in [0.15, 0.2) is 0 Å². The third-order valence-corrected chi connectivity index (χ3v) is 8.06. The Morgan fingerprint density at radius 3 is 2.31 bits per heavy atom. The molecular formula is C31H39N3O4S. The van der Waals surface area contributed by atoms with Crippen LogP contribution in [0.5, 0.6) is 5.75 Å². The van der Waals surface area contributed by atoms with Crippen molar-refractivity contribution in [3.8, 4) is 5.75 Å². The van der Waals surface area contributed by atoms with Crippen LogP contribution in [0.15, 0.2) is 82.8 Å². The van der Waals surface area contributed by atoms with Gasteiger partial charge < -0.3 is 4.74 Å². The van der Waals surface area contributed by atoms with Gasteiger partial charge in [-0.15, -0.1) is 0 Å². The molecule has 39 heavy (non-hydrogen) atoms. The van der Waals surface area contributed by atoms with Crippen molar-refractivity contribution in [2.24, 2.45) is 5.10 Å². The van der Waals surface area contributed by atoms with Crippen LogP contribution in [-0.2, 0) is 14.8 Å². The summed E-state index contributed by atoms with van der Waals surface area (Å²) in [6.07, 6.45) is 8.81. The number of ether oxygens (including phenoxy) is 1. The highest BCUT2D eigenvalue weighted by atomic mass is 32.2. The Kier molecular flexibility index (Phi) is 11.6. The number of anilines is 1. The Morgan fingerprint density at radius 1 is 0.923 bits per heavy atom. The van der Waals surface area contributed by atoms with E-state index in [2.05, 4.69) is 17.5 Å². The van der Waals surface area contributed by atoms with Crippen LogP contribution in [0.25, 0.3) is 0 Å². The SMILES string of the molecule is CCCCCCCCOc1ccc(/C=N/NC(=O)CN(c2ccc(C)cc2C)S(=O)(=O)c2ccccc2)cc1.